The lowest BCUT2D eigenvalue weighted by Gasteiger charge is -2.09. The second-order valence-electron chi connectivity index (χ2n) is 7.47. The zero-order valence-electron chi connectivity index (χ0n) is 17.2. The van der Waals surface area contributed by atoms with Gasteiger partial charge in [0.05, 0.1) is 13.2 Å². The summed E-state index contributed by atoms with van der Waals surface area (Å²) in [4.78, 5) is 0. The summed E-state index contributed by atoms with van der Waals surface area (Å²) in [5, 5.41) is 0. The van der Waals surface area contributed by atoms with Crippen LogP contribution in [0.1, 0.15) is 5.69 Å². The molecule has 0 saturated heterocycles. The Bertz CT molecular complexity index is 1280. The number of imidazole rings is 1. The van der Waals surface area contributed by atoms with Gasteiger partial charge in [-0.15, -0.1) is 0 Å². The molecule has 5 aromatic rings. The number of aryl methyl sites for hydroxylation is 1. The number of hydrogen-bond acceptors (Lipinski definition) is 0. The van der Waals surface area contributed by atoms with Crippen molar-refractivity contribution in [3.8, 4) is 34.2 Å². The average Bonchev–Trinajstić information content (AvgIpc) is 3.35. The van der Waals surface area contributed by atoms with Crippen molar-refractivity contribution in [1.29, 1.82) is 0 Å². The third kappa shape index (κ3) is 2.96. The Morgan fingerprint density at radius 1 is 0.633 bits per heavy atom. The maximum absolute atomic E-state index is 2.38. The number of rotatable bonds is 4. The third-order valence-corrected chi connectivity index (χ3v) is 5.56. The van der Waals surface area contributed by atoms with Crippen LogP contribution in [0.2, 0.25) is 0 Å². The summed E-state index contributed by atoms with van der Waals surface area (Å²) in [6.07, 6.45) is 2.10. The summed E-state index contributed by atoms with van der Waals surface area (Å²) in [5.41, 5.74) is 5.91. The minimum atomic E-state index is 1.14. The molecule has 0 saturated carbocycles. The van der Waals surface area contributed by atoms with E-state index in [1.165, 1.54) is 22.5 Å². The highest BCUT2D eigenvalue weighted by atomic mass is 15.2. The van der Waals surface area contributed by atoms with Gasteiger partial charge in [0.15, 0.2) is 0 Å². The van der Waals surface area contributed by atoms with Crippen LogP contribution in [0, 0.1) is 6.92 Å². The third-order valence-electron chi connectivity index (χ3n) is 5.56. The zero-order valence-corrected chi connectivity index (χ0v) is 17.2. The minimum absolute atomic E-state index is 1.14. The monoisotopic (exact) mass is 390 g/mol. The molecule has 2 aromatic heterocycles. The lowest BCUT2D eigenvalue weighted by molar-refractivity contribution is -0.594. The molecule has 3 heteroatoms. The second-order valence-corrected chi connectivity index (χ2v) is 7.47. The highest BCUT2D eigenvalue weighted by Crippen LogP contribution is 2.33. The first-order valence-electron chi connectivity index (χ1n) is 10.2. The van der Waals surface area contributed by atoms with E-state index >= 15 is 0 Å². The summed E-state index contributed by atoms with van der Waals surface area (Å²) in [6, 6.07) is 36.2. The molecule has 0 bridgehead atoms. The Hall–Kier alpha value is -3.85. The van der Waals surface area contributed by atoms with E-state index in [2.05, 4.69) is 137 Å². The maximum Gasteiger partial charge on any atom is 0.246 e. The van der Waals surface area contributed by atoms with Gasteiger partial charge in [0.1, 0.15) is 17.1 Å². The van der Waals surface area contributed by atoms with Gasteiger partial charge in [0, 0.05) is 17.2 Å². The molecule has 5 rings (SSSR count). The van der Waals surface area contributed by atoms with Crippen LogP contribution in [-0.4, -0.2) is 9.13 Å². The lowest BCUT2D eigenvalue weighted by atomic mass is 10.1. The van der Waals surface area contributed by atoms with E-state index in [4.69, 9.17) is 0 Å². The fraction of sp³-hybridized carbons (Fsp3) is 0.0741. The van der Waals surface area contributed by atoms with Crippen LogP contribution in [0.5, 0.6) is 0 Å². The molecule has 0 radical (unpaired) electrons. The average molecular weight is 391 g/mol. The highest BCUT2D eigenvalue weighted by molar-refractivity contribution is 5.70. The Morgan fingerprint density at radius 2 is 1.20 bits per heavy atom. The normalized spacial score (nSPS) is 11.0. The minimum Gasteiger partial charge on any atom is -0.269 e. The maximum atomic E-state index is 2.38. The first kappa shape index (κ1) is 18.2. The number of nitrogens with zero attached hydrogens (tertiary/aromatic N) is 3. The molecule has 0 spiro atoms. The summed E-state index contributed by atoms with van der Waals surface area (Å²) >= 11 is 0. The van der Waals surface area contributed by atoms with E-state index in [-0.39, 0.29) is 0 Å². The largest absolute Gasteiger partial charge is 0.269 e. The van der Waals surface area contributed by atoms with Gasteiger partial charge in [-0.2, -0.15) is 4.57 Å². The Kier molecular flexibility index (Phi) is 4.56. The molecule has 0 atom stereocenters. The zero-order chi connectivity index (χ0) is 20.5. The number of aromatic nitrogens is 3. The fourth-order valence-corrected chi connectivity index (χ4v) is 4.21. The summed E-state index contributed by atoms with van der Waals surface area (Å²) < 4.78 is 6.92. The highest BCUT2D eigenvalue weighted by Gasteiger charge is 2.31. The van der Waals surface area contributed by atoms with Gasteiger partial charge in [0.25, 0.3) is 0 Å². The van der Waals surface area contributed by atoms with Crippen LogP contribution in [0.15, 0.2) is 109 Å². The molecule has 0 amide bonds. The number of para-hydroxylation sites is 1. The molecule has 30 heavy (non-hydrogen) atoms. The SMILES string of the molecule is Cc1c(-c2ccccc2)n(-c2ccccc2)c(-c2ccccc2)[n+]1-c1cccn1C. The molecule has 3 nitrogen and oxygen atoms in total. The van der Waals surface area contributed by atoms with E-state index in [0.29, 0.717) is 0 Å². The van der Waals surface area contributed by atoms with E-state index in [9.17, 15) is 0 Å². The van der Waals surface area contributed by atoms with Gasteiger partial charge < -0.3 is 0 Å². The van der Waals surface area contributed by atoms with Crippen molar-refractivity contribution in [3.05, 3.63) is 115 Å². The van der Waals surface area contributed by atoms with Crippen molar-refractivity contribution in [2.75, 3.05) is 0 Å². The van der Waals surface area contributed by atoms with Crippen molar-refractivity contribution >= 4 is 0 Å². The number of benzene rings is 3. The van der Waals surface area contributed by atoms with Gasteiger partial charge in [-0.25, -0.2) is 4.57 Å². The molecule has 0 fully saturated rings. The Balaban J connectivity index is 1.96. The Morgan fingerprint density at radius 3 is 1.77 bits per heavy atom. The van der Waals surface area contributed by atoms with E-state index in [1.54, 1.807) is 0 Å². The van der Waals surface area contributed by atoms with Gasteiger partial charge in [-0.05, 0) is 37.3 Å². The quantitative estimate of drug-likeness (QED) is 0.348. The van der Waals surface area contributed by atoms with Gasteiger partial charge in [0.2, 0.25) is 11.6 Å². The molecule has 0 aliphatic carbocycles. The van der Waals surface area contributed by atoms with Crippen LogP contribution in [-0.2, 0) is 7.05 Å². The second kappa shape index (κ2) is 7.53. The summed E-state index contributed by atoms with van der Waals surface area (Å²) in [6.45, 7) is 2.21. The molecular weight excluding hydrogens is 366 g/mol. The first-order valence-corrected chi connectivity index (χ1v) is 10.2. The predicted molar refractivity (Wildman–Crippen MR) is 122 cm³/mol. The van der Waals surface area contributed by atoms with E-state index < -0.39 is 0 Å². The number of hydrogen-bond donors (Lipinski definition) is 0. The van der Waals surface area contributed by atoms with Crippen LogP contribution in [0.4, 0.5) is 0 Å². The predicted octanol–water partition coefficient (Wildman–Crippen LogP) is 5.73. The molecule has 0 N–H and O–H groups in total. The van der Waals surface area contributed by atoms with Crippen molar-refractivity contribution in [2.24, 2.45) is 7.05 Å². The van der Waals surface area contributed by atoms with Gasteiger partial charge in [-0.1, -0.05) is 66.7 Å². The summed E-state index contributed by atoms with van der Waals surface area (Å²) in [7, 11) is 2.10. The van der Waals surface area contributed by atoms with Gasteiger partial charge in [-0.3, -0.25) is 4.57 Å². The fourth-order valence-electron chi connectivity index (χ4n) is 4.21. The van der Waals surface area contributed by atoms with E-state index in [0.717, 1.165) is 17.3 Å². The van der Waals surface area contributed by atoms with Crippen molar-refractivity contribution in [3.63, 3.8) is 0 Å². The van der Waals surface area contributed by atoms with Crippen LogP contribution in [0.25, 0.3) is 34.2 Å². The standard InChI is InChI=1S/C27H24N3/c1-21-26(22-13-6-3-7-14-22)30(24-17-10-5-11-18-24)27(23-15-8-4-9-16-23)29(21)25-19-12-20-28(25)2/h3-20H,1-2H3/q+1. The van der Waals surface area contributed by atoms with Crippen LogP contribution in [0.3, 0.4) is 0 Å². The molecule has 146 valence electrons. The van der Waals surface area contributed by atoms with Crippen LogP contribution < -0.4 is 4.57 Å². The topological polar surface area (TPSA) is 13.7 Å². The molecule has 2 heterocycles. The molecular formula is C27H24N3+. The Labute approximate surface area is 177 Å². The molecule has 3 aromatic carbocycles. The molecule has 0 aliphatic heterocycles. The first-order chi connectivity index (χ1) is 14.8. The van der Waals surface area contributed by atoms with Crippen LogP contribution >= 0.6 is 0 Å². The van der Waals surface area contributed by atoms with Crippen molar-refractivity contribution in [2.45, 2.75) is 6.92 Å². The summed E-state index contributed by atoms with van der Waals surface area (Å²) in [5.74, 6) is 2.28. The molecule has 0 unspecified atom stereocenters. The molecule has 0 aliphatic rings. The van der Waals surface area contributed by atoms with E-state index in [1.807, 2.05) is 0 Å². The van der Waals surface area contributed by atoms with Gasteiger partial charge >= 0.3 is 0 Å². The van der Waals surface area contributed by atoms with Crippen molar-refractivity contribution in [1.82, 2.24) is 9.13 Å². The smallest absolute Gasteiger partial charge is 0.246 e. The lowest BCUT2D eigenvalue weighted by Crippen LogP contribution is -2.37. The van der Waals surface area contributed by atoms with Crippen molar-refractivity contribution < 1.29 is 4.57 Å².